The summed E-state index contributed by atoms with van der Waals surface area (Å²) >= 11 is 6.41. The van der Waals surface area contributed by atoms with Gasteiger partial charge in [-0.1, -0.05) is 31.5 Å². The molecule has 1 unspecified atom stereocenters. The molecule has 8 nitrogen and oxygen atoms in total. The predicted octanol–water partition coefficient (Wildman–Crippen LogP) is 4.73. The van der Waals surface area contributed by atoms with Crippen LogP contribution in [0.3, 0.4) is 0 Å². The Morgan fingerprint density at radius 3 is 2.59 bits per heavy atom. The molecule has 182 valence electrons. The monoisotopic (exact) mass is 483 g/mol. The number of imidazole rings is 1. The topological polar surface area (TPSA) is 102 Å². The van der Waals surface area contributed by atoms with E-state index in [1.165, 1.54) is 0 Å². The van der Waals surface area contributed by atoms with Gasteiger partial charge in [-0.3, -0.25) is 14.4 Å². The van der Waals surface area contributed by atoms with Gasteiger partial charge in [-0.2, -0.15) is 5.10 Å². The number of nitrogens with zero attached hydrogens (tertiary/aromatic N) is 5. The molecule has 0 aromatic carbocycles. The molecule has 1 fully saturated rings. The minimum Gasteiger partial charge on any atom is -0.469 e. The Morgan fingerprint density at radius 2 is 1.94 bits per heavy atom. The van der Waals surface area contributed by atoms with Crippen LogP contribution in [-0.4, -0.2) is 44.9 Å². The molecule has 3 aromatic rings. The fourth-order valence-corrected chi connectivity index (χ4v) is 4.09. The van der Waals surface area contributed by atoms with Gasteiger partial charge in [-0.05, 0) is 64.4 Å². The molecule has 3 N–H and O–H groups in total. The van der Waals surface area contributed by atoms with Crippen LogP contribution >= 0.6 is 11.6 Å². The molecule has 3 aromatic heterocycles. The van der Waals surface area contributed by atoms with Crippen molar-refractivity contribution in [2.75, 3.05) is 13.1 Å². The van der Waals surface area contributed by atoms with Crippen LogP contribution < -0.4 is 15.9 Å². The summed E-state index contributed by atoms with van der Waals surface area (Å²) in [5.41, 5.74) is 4.73. The maximum Gasteiger partial charge on any atom is 0.201 e. The Kier molecular flexibility index (Phi) is 9.01. The van der Waals surface area contributed by atoms with Gasteiger partial charge in [0.05, 0.1) is 23.6 Å². The molecule has 0 amide bonds. The zero-order chi connectivity index (χ0) is 24.7. The smallest absolute Gasteiger partial charge is 0.201 e. The van der Waals surface area contributed by atoms with Crippen molar-refractivity contribution in [3.05, 3.63) is 58.6 Å². The first-order valence-corrected chi connectivity index (χ1v) is 12.1. The van der Waals surface area contributed by atoms with Crippen molar-refractivity contribution in [3.8, 4) is 5.88 Å². The largest absolute Gasteiger partial charge is 0.469 e. The van der Waals surface area contributed by atoms with Crippen molar-refractivity contribution in [1.29, 1.82) is 0 Å². The number of rotatable bonds is 6. The highest BCUT2D eigenvalue weighted by atomic mass is 35.5. The number of nitrogens with two attached hydrogens (primary N) is 1. The highest BCUT2D eigenvalue weighted by Crippen LogP contribution is 2.27. The maximum absolute atomic E-state index is 6.41. The standard InChI is InChI=1S/C23H28ClN7O.C2H6/c1-14-4-5-19(27-12-14)16(3)32-22-11-17(10-21-28-13-20(24)31(21)22)23(30-25)15(2)29-18-6-8-26-9-7-18;1-2/h4-5,10-13,16,18,26H,6-9,25H2,1-3H3;1-2H3/b29-15?,30-23+;. The zero-order valence-corrected chi connectivity index (χ0v) is 21.3. The lowest BCUT2D eigenvalue weighted by Crippen LogP contribution is -2.31. The number of ether oxygens (including phenoxy) is 1. The molecule has 4 heterocycles. The van der Waals surface area contributed by atoms with Gasteiger partial charge in [0.15, 0.2) is 0 Å². The Balaban J connectivity index is 0.00000158. The molecule has 9 heteroatoms. The lowest BCUT2D eigenvalue weighted by Gasteiger charge is -2.20. The van der Waals surface area contributed by atoms with Crippen LogP contribution in [0.25, 0.3) is 5.65 Å². The van der Waals surface area contributed by atoms with Gasteiger partial charge < -0.3 is 15.9 Å². The normalized spacial score (nSPS) is 16.2. The van der Waals surface area contributed by atoms with E-state index in [0.29, 0.717) is 22.4 Å². The second kappa shape index (κ2) is 11.9. The molecule has 4 rings (SSSR count). The van der Waals surface area contributed by atoms with Crippen molar-refractivity contribution < 1.29 is 4.74 Å². The number of hydrazone groups is 1. The highest BCUT2D eigenvalue weighted by molar-refractivity contribution is 6.47. The number of halogens is 1. The van der Waals surface area contributed by atoms with E-state index in [9.17, 15) is 0 Å². The summed E-state index contributed by atoms with van der Waals surface area (Å²) in [6, 6.07) is 8.00. The lowest BCUT2D eigenvalue weighted by atomic mass is 10.0. The first kappa shape index (κ1) is 25.6. The Hall–Kier alpha value is -2.97. The van der Waals surface area contributed by atoms with Gasteiger partial charge in [-0.25, -0.2) is 4.98 Å². The Bertz CT molecular complexity index is 1150. The minimum atomic E-state index is -0.296. The molecular weight excluding hydrogens is 450 g/mol. The number of hydrogen-bond donors (Lipinski definition) is 2. The summed E-state index contributed by atoms with van der Waals surface area (Å²) in [6.07, 6.45) is 5.12. The predicted molar refractivity (Wildman–Crippen MR) is 139 cm³/mol. The average Bonchev–Trinajstić information content (AvgIpc) is 3.22. The summed E-state index contributed by atoms with van der Waals surface area (Å²) in [5, 5.41) is 7.87. The Labute approximate surface area is 206 Å². The van der Waals surface area contributed by atoms with E-state index in [4.69, 9.17) is 27.2 Å². The second-order valence-electron chi connectivity index (χ2n) is 8.05. The van der Waals surface area contributed by atoms with Crippen LogP contribution in [0.15, 0.2) is 46.8 Å². The fourth-order valence-electron chi connectivity index (χ4n) is 3.87. The number of pyridine rings is 2. The van der Waals surface area contributed by atoms with Crippen molar-refractivity contribution in [2.24, 2.45) is 15.9 Å². The van der Waals surface area contributed by atoms with Crippen LogP contribution in [-0.2, 0) is 0 Å². The summed E-state index contributed by atoms with van der Waals surface area (Å²) in [5.74, 6) is 6.34. The molecule has 0 aliphatic carbocycles. The number of hydrogen-bond acceptors (Lipinski definition) is 7. The number of nitrogens with one attached hydrogen (secondary N) is 1. The van der Waals surface area contributed by atoms with E-state index >= 15 is 0 Å². The average molecular weight is 484 g/mol. The summed E-state index contributed by atoms with van der Waals surface area (Å²) in [6.45, 7) is 11.8. The molecule has 0 saturated carbocycles. The first-order valence-electron chi connectivity index (χ1n) is 11.8. The summed E-state index contributed by atoms with van der Waals surface area (Å²) in [4.78, 5) is 13.8. The molecule has 0 radical (unpaired) electrons. The van der Waals surface area contributed by atoms with Crippen molar-refractivity contribution >= 4 is 28.7 Å². The van der Waals surface area contributed by atoms with Crippen molar-refractivity contribution in [2.45, 2.75) is 59.6 Å². The van der Waals surface area contributed by atoms with Gasteiger partial charge in [0, 0.05) is 17.8 Å². The molecule has 1 aliphatic rings. The third-order valence-corrected chi connectivity index (χ3v) is 5.88. The molecule has 1 atom stereocenters. The fraction of sp³-hybridized carbons (Fsp3) is 0.440. The van der Waals surface area contributed by atoms with E-state index in [1.54, 1.807) is 10.6 Å². The molecular formula is C25H34ClN7O. The van der Waals surface area contributed by atoms with Gasteiger partial charge in [-0.15, -0.1) is 0 Å². The van der Waals surface area contributed by atoms with Crippen molar-refractivity contribution in [1.82, 2.24) is 19.7 Å². The number of aryl methyl sites for hydroxylation is 1. The summed E-state index contributed by atoms with van der Waals surface area (Å²) in [7, 11) is 0. The maximum atomic E-state index is 6.41. The van der Waals surface area contributed by atoms with Gasteiger partial charge in [0.2, 0.25) is 5.88 Å². The van der Waals surface area contributed by atoms with Crippen LogP contribution in [0.4, 0.5) is 0 Å². The molecule has 1 saturated heterocycles. The van der Waals surface area contributed by atoms with Gasteiger partial charge >= 0.3 is 0 Å². The molecule has 0 bridgehead atoms. The lowest BCUT2D eigenvalue weighted by molar-refractivity contribution is 0.210. The SMILES string of the molecule is CC.CC(=NC1CCNCC1)/C(=N\N)c1cc(OC(C)c2ccc(C)cn2)n2c(Cl)cnc2c1. The number of aliphatic imine (C=N–C) groups is 1. The third-order valence-electron chi connectivity index (χ3n) is 5.61. The van der Waals surface area contributed by atoms with Crippen LogP contribution in [0.5, 0.6) is 5.88 Å². The van der Waals surface area contributed by atoms with E-state index in [2.05, 4.69) is 20.4 Å². The van der Waals surface area contributed by atoms with Crippen molar-refractivity contribution in [3.63, 3.8) is 0 Å². The van der Waals surface area contributed by atoms with E-state index in [0.717, 1.165) is 48.5 Å². The number of piperidine rings is 1. The van der Waals surface area contributed by atoms with Gasteiger partial charge in [0.25, 0.3) is 0 Å². The quantitative estimate of drug-likeness (QED) is 0.299. The Morgan fingerprint density at radius 1 is 1.21 bits per heavy atom. The highest BCUT2D eigenvalue weighted by Gasteiger charge is 2.19. The minimum absolute atomic E-state index is 0.265. The van der Waals surface area contributed by atoms with E-state index in [-0.39, 0.29) is 12.1 Å². The van der Waals surface area contributed by atoms with Gasteiger partial charge in [0.1, 0.15) is 22.6 Å². The first-order chi connectivity index (χ1) is 16.5. The van der Waals surface area contributed by atoms with Crippen LogP contribution in [0.1, 0.15) is 63.5 Å². The van der Waals surface area contributed by atoms with E-state index in [1.807, 2.05) is 65.1 Å². The molecule has 1 aliphatic heterocycles. The van der Waals surface area contributed by atoms with Crippen LogP contribution in [0, 0.1) is 6.92 Å². The molecule has 0 spiro atoms. The zero-order valence-electron chi connectivity index (χ0n) is 20.5. The molecule has 34 heavy (non-hydrogen) atoms. The second-order valence-corrected chi connectivity index (χ2v) is 8.44. The van der Waals surface area contributed by atoms with Crippen LogP contribution in [0.2, 0.25) is 5.15 Å². The number of fused-ring (bicyclic) bond motifs is 1. The van der Waals surface area contributed by atoms with E-state index < -0.39 is 0 Å². The summed E-state index contributed by atoms with van der Waals surface area (Å²) < 4.78 is 8.04. The number of aromatic nitrogens is 3. The third kappa shape index (κ3) is 5.93.